The Labute approximate surface area is 148 Å². The first-order valence-electron chi connectivity index (χ1n) is 6.70. The molecule has 0 saturated carbocycles. The maximum absolute atomic E-state index is 6.02. The van der Waals surface area contributed by atoms with Crippen molar-refractivity contribution in [2.45, 2.75) is 16.6 Å². The highest BCUT2D eigenvalue weighted by Gasteiger charge is 2.08. The van der Waals surface area contributed by atoms with Crippen LogP contribution in [0.25, 0.3) is 0 Å². The molecule has 2 aromatic rings. The minimum Gasteiger partial charge on any atom is -0.385 e. The van der Waals surface area contributed by atoms with Crippen LogP contribution in [-0.2, 0) is 4.74 Å². The molecule has 0 aromatic carbocycles. The van der Waals surface area contributed by atoms with Crippen molar-refractivity contribution in [2.75, 3.05) is 25.6 Å². The molecule has 7 nitrogen and oxygen atoms in total. The van der Waals surface area contributed by atoms with Crippen molar-refractivity contribution >= 4 is 46.6 Å². The van der Waals surface area contributed by atoms with Gasteiger partial charge in [0.15, 0.2) is 10.3 Å². The van der Waals surface area contributed by atoms with E-state index in [0.717, 1.165) is 6.42 Å². The predicted octanol–water partition coefficient (Wildman–Crippen LogP) is 2.39. The van der Waals surface area contributed by atoms with Crippen molar-refractivity contribution in [3.05, 3.63) is 29.7 Å². The predicted molar refractivity (Wildman–Crippen MR) is 93.9 cm³/mol. The summed E-state index contributed by atoms with van der Waals surface area (Å²) in [6.07, 6.45) is 4.17. The molecule has 2 rings (SSSR count). The Hall–Kier alpha value is -1.55. The summed E-state index contributed by atoms with van der Waals surface area (Å²) in [6.45, 7) is 1.36. The van der Waals surface area contributed by atoms with Crippen LogP contribution >= 0.6 is 35.6 Å². The van der Waals surface area contributed by atoms with Gasteiger partial charge in [-0.1, -0.05) is 11.6 Å². The topological polar surface area (TPSA) is 84.9 Å². The Balaban J connectivity index is 1.95. The third-order valence-electron chi connectivity index (χ3n) is 2.45. The number of methoxy groups -OCH3 is 1. The van der Waals surface area contributed by atoms with Crippen LogP contribution in [-0.4, -0.2) is 45.3 Å². The number of hydrogen-bond donors (Lipinski definition) is 2. The molecule has 0 atom stereocenters. The van der Waals surface area contributed by atoms with E-state index < -0.39 is 0 Å². The van der Waals surface area contributed by atoms with Crippen molar-refractivity contribution in [3.8, 4) is 0 Å². The monoisotopic (exact) mass is 370 g/mol. The van der Waals surface area contributed by atoms with Crippen molar-refractivity contribution in [1.29, 1.82) is 0 Å². The second-order valence-corrected chi connectivity index (χ2v) is 6.00. The molecule has 2 heterocycles. The fourth-order valence-electron chi connectivity index (χ4n) is 1.50. The molecule has 0 aliphatic rings. The van der Waals surface area contributed by atoms with Crippen LogP contribution in [0.3, 0.4) is 0 Å². The van der Waals surface area contributed by atoms with Gasteiger partial charge in [-0.15, -0.1) is 0 Å². The fourth-order valence-corrected chi connectivity index (χ4v) is 2.66. The van der Waals surface area contributed by atoms with Crippen molar-refractivity contribution in [2.24, 2.45) is 0 Å². The van der Waals surface area contributed by atoms with Crippen LogP contribution in [0.4, 0.5) is 5.95 Å². The van der Waals surface area contributed by atoms with Gasteiger partial charge in [-0.25, -0.2) is 19.9 Å². The van der Waals surface area contributed by atoms with Crippen molar-refractivity contribution < 1.29 is 4.74 Å². The maximum Gasteiger partial charge on any atom is 0.231 e. The molecule has 0 aliphatic heterocycles. The van der Waals surface area contributed by atoms with Crippen molar-refractivity contribution in [3.63, 3.8) is 0 Å². The summed E-state index contributed by atoms with van der Waals surface area (Å²) in [7, 11) is 1.66. The molecule has 0 fully saturated rings. The zero-order valence-corrected chi connectivity index (χ0v) is 14.7. The highest BCUT2D eigenvalue weighted by molar-refractivity contribution is 7.99. The Morgan fingerprint density at radius 3 is 2.87 bits per heavy atom. The summed E-state index contributed by atoms with van der Waals surface area (Å²) in [5.74, 6) is 0.320. The number of halogens is 1. The zero-order chi connectivity index (χ0) is 16.5. The molecule has 0 aliphatic carbocycles. The molecule has 0 saturated heterocycles. The Kier molecular flexibility index (Phi) is 7.40. The van der Waals surface area contributed by atoms with Gasteiger partial charge < -0.3 is 15.4 Å². The smallest absolute Gasteiger partial charge is 0.231 e. The van der Waals surface area contributed by atoms with Gasteiger partial charge in [0.2, 0.25) is 5.95 Å². The van der Waals surface area contributed by atoms with E-state index >= 15 is 0 Å². The molecule has 0 amide bonds. The summed E-state index contributed by atoms with van der Waals surface area (Å²) < 4.78 is 4.97. The van der Waals surface area contributed by atoms with Crippen LogP contribution in [0.5, 0.6) is 0 Å². The first-order valence-corrected chi connectivity index (χ1v) is 8.31. The summed E-state index contributed by atoms with van der Waals surface area (Å²) in [5.41, 5.74) is 0. The number of nitrogens with zero attached hydrogens (tertiary/aromatic N) is 4. The lowest BCUT2D eigenvalue weighted by Gasteiger charge is -2.10. The van der Waals surface area contributed by atoms with Crippen LogP contribution in [0.1, 0.15) is 6.42 Å². The molecule has 0 bridgehead atoms. The highest BCUT2D eigenvalue weighted by Crippen LogP contribution is 2.25. The van der Waals surface area contributed by atoms with Gasteiger partial charge in [0, 0.05) is 38.7 Å². The molecule has 10 heteroatoms. The maximum atomic E-state index is 6.02. The van der Waals surface area contributed by atoms with E-state index in [9.17, 15) is 0 Å². The molecule has 2 aromatic heterocycles. The Bertz CT molecular complexity index is 646. The molecule has 0 radical (unpaired) electrons. The zero-order valence-electron chi connectivity index (χ0n) is 12.3. The highest BCUT2D eigenvalue weighted by atomic mass is 35.5. The Morgan fingerprint density at radius 2 is 2.13 bits per heavy atom. The summed E-state index contributed by atoms with van der Waals surface area (Å²) in [5, 5.41) is 7.88. The van der Waals surface area contributed by atoms with Crippen LogP contribution in [0, 0.1) is 0 Å². The lowest BCUT2D eigenvalue weighted by atomic mass is 10.4. The fraction of sp³-hybridized carbons (Fsp3) is 0.308. The quantitative estimate of drug-likeness (QED) is 0.330. The minimum absolute atomic E-state index is 0.308. The number of hydrogen-bond acceptors (Lipinski definition) is 7. The lowest BCUT2D eigenvalue weighted by Crippen LogP contribution is -2.30. The first-order chi connectivity index (χ1) is 11.2. The number of nitrogens with one attached hydrogen (secondary N) is 2. The third kappa shape index (κ3) is 6.61. The molecule has 122 valence electrons. The van der Waals surface area contributed by atoms with E-state index in [1.165, 1.54) is 11.8 Å². The molecule has 23 heavy (non-hydrogen) atoms. The SMILES string of the molecule is COCCCNC(=S)Nc1nc(Cl)cc(Sc2ncccn2)n1. The lowest BCUT2D eigenvalue weighted by molar-refractivity contribution is 0.196. The molecule has 0 spiro atoms. The van der Waals surface area contributed by atoms with E-state index in [4.69, 9.17) is 28.6 Å². The second-order valence-electron chi connectivity index (χ2n) is 4.21. The Morgan fingerprint density at radius 1 is 1.35 bits per heavy atom. The van der Waals surface area contributed by atoms with Crippen LogP contribution in [0.2, 0.25) is 5.15 Å². The first kappa shape index (κ1) is 17.8. The largest absolute Gasteiger partial charge is 0.385 e. The van der Waals surface area contributed by atoms with E-state index in [-0.39, 0.29) is 0 Å². The third-order valence-corrected chi connectivity index (χ3v) is 3.70. The van der Waals surface area contributed by atoms with Gasteiger partial charge in [-0.05, 0) is 36.5 Å². The van der Waals surface area contributed by atoms with Gasteiger partial charge in [0.25, 0.3) is 0 Å². The average molecular weight is 371 g/mol. The molecule has 0 unspecified atom stereocenters. The molecular weight excluding hydrogens is 356 g/mol. The van der Waals surface area contributed by atoms with E-state index in [2.05, 4.69) is 30.6 Å². The van der Waals surface area contributed by atoms with Crippen molar-refractivity contribution in [1.82, 2.24) is 25.3 Å². The number of anilines is 1. The normalized spacial score (nSPS) is 10.3. The number of aromatic nitrogens is 4. The number of ether oxygens (including phenoxy) is 1. The summed E-state index contributed by atoms with van der Waals surface area (Å²) in [4.78, 5) is 16.7. The minimum atomic E-state index is 0.308. The number of thiocarbonyl (C=S) groups is 1. The van der Waals surface area contributed by atoms with Gasteiger partial charge in [0.05, 0.1) is 0 Å². The summed E-state index contributed by atoms with van der Waals surface area (Å²) in [6, 6.07) is 3.39. The molecular formula is C13H15ClN6OS2. The second kappa shape index (κ2) is 9.56. The van der Waals surface area contributed by atoms with Crippen LogP contribution in [0.15, 0.2) is 34.7 Å². The van der Waals surface area contributed by atoms with Gasteiger partial charge in [-0.3, -0.25) is 0 Å². The molecule has 2 N–H and O–H groups in total. The van der Waals surface area contributed by atoms with Gasteiger partial charge in [0.1, 0.15) is 10.2 Å². The van der Waals surface area contributed by atoms with Crippen LogP contribution < -0.4 is 10.6 Å². The van der Waals surface area contributed by atoms with E-state index in [1.807, 2.05) is 0 Å². The van der Waals surface area contributed by atoms with E-state index in [0.29, 0.717) is 39.5 Å². The number of rotatable bonds is 7. The summed E-state index contributed by atoms with van der Waals surface area (Å²) >= 11 is 12.5. The van der Waals surface area contributed by atoms with Gasteiger partial charge >= 0.3 is 0 Å². The standard InChI is InChI=1S/C13H15ClN6OS2/c1-21-7-3-6-15-12(22)20-11-18-9(14)8-10(19-11)23-13-16-4-2-5-17-13/h2,4-5,8H,3,6-7H2,1H3,(H2,15,18,19,20,22). The van der Waals surface area contributed by atoms with Gasteiger partial charge in [-0.2, -0.15) is 0 Å². The van der Waals surface area contributed by atoms with E-state index in [1.54, 1.807) is 31.6 Å². The average Bonchev–Trinajstić information content (AvgIpc) is 2.52.